The van der Waals surface area contributed by atoms with E-state index >= 15 is 0 Å². The molecule has 3 N–H and O–H groups in total. The average Bonchev–Trinajstić information content (AvgIpc) is 2.67. The van der Waals surface area contributed by atoms with Gasteiger partial charge >= 0.3 is 6.01 Å². The number of aromatic nitrogens is 2. The Morgan fingerprint density at radius 3 is 3.00 bits per heavy atom. The molecule has 0 saturated heterocycles. The Kier molecular flexibility index (Phi) is 2.73. The highest BCUT2D eigenvalue weighted by Gasteiger charge is 2.14. The SMILES string of the molecule is Cc1coc(NC(=O)c2cc(F)cnc2N)n1. The number of pyridine rings is 1. The van der Waals surface area contributed by atoms with Gasteiger partial charge in [0.2, 0.25) is 0 Å². The van der Waals surface area contributed by atoms with Crippen LogP contribution < -0.4 is 11.1 Å². The number of rotatable bonds is 2. The molecular weight excluding hydrogens is 227 g/mol. The number of nitrogens with two attached hydrogens (primary N) is 1. The maximum atomic E-state index is 12.9. The van der Waals surface area contributed by atoms with Crippen molar-refractivity contribution in [2.45, 2.75) is 6.92 Å². The molecule has 6 nitrogen and oxygen atoms in total. The van der Waals surface area contributed by atoms with Gasteiger partial charge in [-0.2, -0.15) is 4.98 Å². The molecule has 0 aliphatic heterocycles. The number of carbonyl (C=O) groups excluding carboxylic acids is 1. The topological polar surface area (TPSA) is 94.0 Å². The summed E-state index contributed by atoms with van der Waals surface area (Å²) in [4.78, 5) is 19.1. The Hall–Kier alpha value is -2.44. The highest BCUT2D eigenvalue weighted by molar-refractivity contribution is 6.06. The molecule has 0 aliphatic carbocycles. The van der Waals surface area contributed by atoms with E-state index in [1.54, 1.807) is 6.92 Å². The number of anilines is 2. The fourth-order valence-electron chi connectivity index (χ4n) is 1.21. The largest absolute Gasteiger partial charge is 0.432 e. The maximum absolute atomic E-state index is 12.9. The van der Waals surface area contributed by atoms with Gasteiger partial charge in [-0.25, -0.2) is 9.37 Å². The zero-order valence-electron chi connectivity index (χ0n) is 8.90. The summed E-state index contributed by atoms with van der Waals surface area (Å²) < 4.78 is 17.8. The summed E-state index contributed by atoms with van der Waals surface area (Å²) in [6, 6.07) is 1.02. The van der Waals surface area contributed by atoms with Crippen molar-refractivity contribution in [2.24, 2.45) is 0 Å². The molecule has 0 radical (unpaired) electrons. The lowest BCUT2D eigenvalue weighted by atomic mass is 10.2. The molecule has 2 aromatic heterocycles. The van der Waals surface area contributed by atoms with E-state index in [-0.39, 0.29) is 17.4 Å². The highest BCUT2D eigenvalue weighted by Crippen LogP contribution is 2.13. The van der Waals surface area contributed by atoms with E-state index in [1.165, 1.54) is 6.26 Å². The fraction of sp³-hybridized carbons (Fsp3) is 0.100. The molecule has 0 saturated carbocycles. The molecule has 0 unspecified atom stereocenters. The van der Waals surface area contributed by atoms with Gasteiger partial charge in [0.25, 0.3) is 5.91 Å². The molecule has 0 aromatic carbocycles. The maximum Gasteiger partial charge on any atom is 0.301 e. The van der Waals surface area contributed by atoms with Crippen molar-refractivity contribution in [1.82, 2.24) is 9.97 Å². The van der Waals surface area contributed by atoms with Crippen molar-refractivity contribution in [3.05, 3.63) is 35.6 Å². The lowest BCUT2D eigenvalue weighted by molar-refractivity contribution is 0.102. The molecule has 0 aliphatic rings. The molecule has 0 atom stereocenters. The second kappa shape index (κ2) is 4.20. The highest BCUT2D eigenvalue weighted by atomic mass is 19.1. The van der Waals surface area contributed by atoms with Gasteiger partial charge in [0.05, 0.1) is 17.5 Å². The third-order valence-corrected chi connectivity index (χ3v) is 1.97. The minimum atomic E-state index is -0.645. The van der Waals surface area contributed by atoms with Gasteiger partial charge in [0, 0.05) is 0 Å². The molecule has 2 aromatic rings. The average molecular weight is 236 g/mol. The van der Waals surface area contributed by atoms with E-state index in [2.05, 4.69) is 15.3 Å². The molecule has 0 spiro atoms. The number of carbonyl (C=O) groups is 1. The summed E-state index contributed by atoms with van der Waals surface area (Å²) in [7, 11) is 0. The minimum absolute atomic E-state index is 0.0242. The summed E-state index contributed by atoms with van der Waals surface area (Å²) in [5.74, 6) is -1.34. The Morgan fingerprint density at radius 1 is 1.59 bits per heavy atom. The summed E-state index contributed by atoms with van der Waals surface area (Å²) in [6.45, 7) is 1.71. The van der Waals surface area contributed by atoms with Crippen LogP contribution in [0.2, 0.25) is 0 Å². The third-order valence-electron chi connectivity index (χ3n) is 1.97. The quantitative estimate of drug-likeness (QED) is 0.820. The van der Waals surface area contributed by atoms with Crippen LogP contribution >= 0.6 is 0 Å². The van der Waals surface area contributed by atoms with Gasteiger partial charge in [0.15, 0.2) is 0 Å². The normalized spacial score (nSPS) is 10.2. The van der Waals surface area contributed by atoms with Crippen LogP contribution in [0, 0.1) is 12.7 Å². The Labute approximate surface area is 95.7 Å². The molecule has 0 bridgehead atoms. The number of oxazole rings is 1. The van der Waals surface area contributed by atoms with E-state index in [4.69, 9.17) is 10.2 Å². The summed E-state index contributed by atoms with van der Waals surface area (Å²) in [6.07, 6.45) is 2.31. The van der Waals surface area contributed by atoms with Gasteiger partial charge in [-0.1, -0.05) is 0 Å². The van der Waals surface area contributed by atoms with Crippen molar-refractivity contribution in [3.63, 3.8) is 0 Å². The van der Waals surface area contributed by atoms with Crippen molar-refractivity contribution in [3.8, 4) is 0 Å². The molecule has 0 fully saturated rings. The first-order chi connectivity index (χ1) is 8.06. The molecule has 17 heavy (non-hydrogen) atoms. The van der Waals surface area contributed by atoms with Gasteiger partial charge < -0.3 is 10.2 Å². The van der Waals surface area contributed by atoms with Crippen LogP contribution in [0.5, 0.6) is 0 Å². The number of hydrogen-bond donors (Lipinski definition) is 2. The zero-order valence-corrected chi connectivity index (χ0v) is 8.90. The molecule has 2 rings (SSSR count). The number of nitrogen functional groups attached to an aromatic ring is 1. The first-order valence-corrected chi connectivity index (χ1v) is 4.71. The standard InChI is InChI=1S/C10H9FN4O2/c1-5-4-17-10(14-5)15-9(16)7-2-6(11)3-13-8(7)12/h2-4H,1H3,(H2,12,13)(H,14,15,16). The van der Waals surface area contributed by atoms with Crippen molar-refractivity contribution < 1.29 is 13.6 Å². The van der Waals surface area contributed by atoms with Gasteiger partial charge in [0.1, 0.15) is 17.9 Å². The van der Waals surface area contributed by atoms with Crippen LogP contribution in [-0.2, 0) is 0 Å². The summed E-state index contributed by atoms with van der Waals surface area (Å²) >= 11 is 0. The van der Waals surface area contributed by atoms with E-state index in [1.807, 2.05) is 0 Å². The molecule has 7 heteroatoms. The second-order valence-electron chi connectivity index (χ2n) is 3.33. The van der Waals surface area contributed by atoms with Crippen LogP contribution in [-0.4, -0.2) is 15.9 Å². The van der Waals surface area contributed by atoms with Crippen molar-refractivity contribution >= 4 is 17.7 Å². The Bertz CT molecular complexity index is 567. The number of halogens is 1. The minimum Gasteiger partial charge on any atom is -0.432 e. The van der Waals surface area contributed by atoms with Gasteiger partial charge in [-0.05, 0) is 13.0 Å². The Balaban J connectivity index is 2.22. The first-order valence-electron chi connectivity index (χ1n) is 4.71. The van der Waals surface area contributed by atoms with Crippen LogP contribution in [0.25, 0.3) is 0 Å². The predicted molar refractivity (Wildman–Crippen MR) is 57.8 cm³/mol. The summed E-state index contributed by atoms with van der Waals surface area (Å²) in [5.41, 5.74) is 6.01. The predicted octanol–water partition coefficient (Wildman–Crippen LogP) is 1.35. The number of nitrogens with one attached hydrogen (secondary N) is 1. The molecule has 1 amide bonds. The van der Waals surface area contributed by atoms with Crippen LogP contribution in [0.15, 0.2) is 22.9 Å². The fourth-order valence-corrected chi connectivity index (χ4v) is 1.21. The number of aryl methyl sites for hydroxylation is 1. The molecular formula is C10H9FN4O2. The summed E-state index contributed by atoms with van der Waals surface area (Å²) in [5, 5.41) is 2.34. The number of nitrogens with zero attached hydrogens (tertiary/aromatic N) is 2. The van der Waals surface area contributed by atoms with Gasteiger partial charge in [-0.3, -0.25) is 10.1 Å². The molecule has 2 heterocycles. The zero-order chi connectivity index (χ0) is 12.4. The molecule has 88 valence electrons. The lowest BCUT2D eigenvalue weighted by Gasteiger charge is -2.03. The van der Waals surface area contributed by atoms with E-state index in [0.29, 0.717) is 5.69 Å². The van der Waals surface area contributed by atoms with E-state index < -0.39 is 11.7 Å². The first kappa shape index (κ1) is 11.1. The van der Waals surface area contributed by atoms with Crippen molar-refractivity contribution in [1.29, 1.82) is 0 Å². The number of amides is 1. The van der Waals surface area contributed by atoms with Crippen LogP contribution in [0.1, 0.15) is 16.1 Å². The third kappa shape index (κ3) is 2.39. The van der Waals surface area contributed by atoms with E-state index in [9.17, 15) is 9.18 Å². The lowest BCUT2D eigenvalue weighted by Crippen LogP contribution is -2.15. The van der Waals surface area contributed by atoms with E-state index in [0.717, 1.165) is 12.3 Å². The number of hydrogen-bond acceptors (Lipinski definition) is 5. The van der Waals surface area contributed by atoms with Crippen LogP contribution in [0.4, 0.5) is 16.2 Å². The second-order valence-corrected chi connectivity index (χ2v) is 3.33. The monoisotopic (exact) mass is 236 g/mol. The smallest absolute Gasteiger partial charge is 0.301 e. The van der Waals surface area contributed by atoms with Crippen molar-refractivity contribution in [2.75, 3.05) is 11.1 Å². The Morgan fingerprint density at radius 2 is 2.35 bits per heavy atom. The van der Waals surface area contributed by atoms with Crippen LogP contribution in [0.3, 0.4) is 0 Å². The van der Waals surface area contributed by atoms with Gasteiger partial charge in [-0.15, -0.1) is 0 Å².